The molecule has 0 spiro atoms. The number of hydrogen-bond donors (Lipinski definition) is 1. The van der Waals surface area contributed by atoms with Crippen LogP contribution in [0.2, 0.25) is 5.02 Å². The SMILES string of the molecule is Cc1cc(C)n2c(N)c(-c3cc(Cl)ccc3Br)nc2c1. The first kappa shape index (κ1) is 13.5. The smallest absolute Gasteiger partial charge is 0.139 e. The van der Waals surface area contributed by atoms with Crippen molar-refractivity contribution in [2.45, 2.75) is 13.8 Å². The molecule has 2 aromatic heterocycles. The Hall–Kier alpha value is -1.52. The Morgan fingerprint density at radius 2 is 1.95 bits per heavy atom. The Bertz CT molecular complexity index is 824. The van der Waals surface area contributed by atoms with E-state index in [4.69, 9.17) is 17.3 Å². The van der Waals surface area contributed by atoms with Gasteiger partial charge in [0, 0.05) is 20.8 Å². The fourth-order valence-electron chi connectivity index (χ4n) is 2.44. The maximum absolute atomic E-state index is 6.28. The predicted molar refractivity (Wildman–Crippen MR) is 87.2 cm³/mol. The Balaban J connectivity index is 2.35. The number of fused-ring (bicyclic) bond motifs is 1. The molecular weight excluding hydrogens is 338 g/mol. The molecule has 20 heavy (non-hydrogen) atoms. The number of benzene rings is 1. The van der Waals surface area contributed by atoms with E-state index in [1.807, 2.05) is 42.5 Å². The van der Waals surface area contributed by atoms with E-state index >= 15 is 0 Å². The second-order valence-corrected chi connectivity index (χ2v) is 6.13. The van der Waals surface area contributed by atoms with E-state index in [0.29, 0.717) is 10.8 Å². The van der Waals surface area contributed by atoms with Crippen LogP contribution in [-0.4, -0.2) is 9.38 Å². The second kappa shape index (κ2) is 4.79. The zero-order valence-corrected chi connectivity index (χ0v) is 13.5. The molecule has 5 heteroatoms. The van der Waals surface area contributed by atoms with Crippen molar-refractivity contribution in [1.82, 2.24) is 9.38 Å². The van der Waals surface area contributed by atoms with E-state index < -0.39 is 0 Å². The average molecular weight is 351 g/mol. The minimum absolute atomic E-state index is 0.625. The van der Waals surface area contributed by atoms with Gasteiger partial charge in [0.05, 0.1) is 0 Å². The van der Waals surface area contributed by atoms with Gasteiger partial charge in [0.2, 0.25) is 0 Å². The van der Waals surface area contributed by atoms with Gasteiger partial charge in [0.1, 0.15) is 17.2 Å². The largest absolute Gasteiger partial charge is 0.383 e. The molecule has 0 unspecified atom stereocenters. The second-order valence-electron chi connectivity index (χ2n) is 4.84. The lowest BCUT2D eigenvalue weighted by Gasteiger charge is -2.05. The molecule has 2 heterocycles. The molecule has 0 aliphatic carbocycles. The summed E-state index contributed by atoms with van der Waals surface area (Å²) >= 11 is 9.61. The average Bonchev–Trinajstić information content (AvgIpc) is 2.69. The van der Waals surface area contributed by atoms with Crippen molar-refractivity contribution >= 4 is 39.0 Å². The van der Waals surface area contributed by atoms with Gasteiger partial charge in [-0.05, 0) is 49.7 Å². The van der Waals surface area contributed by atoms with Crippen molar-refractivity contribution in [3.05, 3.63) is 51.1 Å². The van der Waals surface area contributed by atoms with Gasteiger partial charge in [0.25, 0.3) is 0 Å². The number of nitrogen functional groups attached to an aromatic ring is 1. The molecule has 102 valence electrons. The number of imidazole rings is 1. The fourth-order valence-corrected chi connectivity index (χ4v) is 3.04. The summed E-state index contributed by atoms with van der Waals surface area (Å²) in [6, 6.07) is 9.70. The molecule has 3 nitrogen and oxygen atoms in total. The third kappa shape index (κ3) is 2.09. The van der Waals surface area contributed by atoms with Crippen molar-refractivity contribution in [2.75, 3.05) is 5.73 Å². The van der Waals surface area contributed by atoms with Gasteiger partial charge >= 0.3 is 0 Å². The van der Waals surface area contributed by atoms with E-state index in [-0.39, 0.29) is 0 Å². The molecule has 2 N–H and O–H groups in total. The summed E-state index contributed by atoms with van der Waals surface area (Å²) in [4.78, 5) is 4.66. The maximum Gasteiger partial charge on any atom is 0.139 e. The number of nitrogens with zero attached hydrogens (tertiary/aromatic N) is 2. The number of nitrogens with two attached hydrogens (primary N) is 1. The Morgan fingerprint density at radius 3 is 2.70 bits per heavy atom. The zero-order chi connectivity index (χ0) is 14.4. The lowest BCUT2D eigenvalue weighted by atomic mass is 10.1. The molecule has 0 saturated carbocycles. The van der Waals surface area contributed by atoms with Gasteiger partial charge in [-0.25, -0.2) is 4.98 Å². The monoisotopic (exact) mass is 349 g/mol. The lowest BCUT2D eigenvalue weighted by Crippen LogP contribution is -1.98. The summed E-state index contributed by atoms with van der Waals surface area (Å²) in [6.45, 7) is 4.07. The van der Waals surface area contributed by atoms with Crippen LogP contribution in [0.1, 0.15) is 11.3 Å². The summed E-state index contributed by atoms with van der Waals surface area (Å²) in [6.07, 6.45) is 0. The molecule has 0 aliphatic rings. The molecule has 0 atom stereocenters. The highest BCUT2D eigenvalue weighted by Gasteiger charge is 2.15. The Labute approximate surface area is 130 Å². The van der Waals surface area contributed by atoms with Crippen LogP contribution in [0.5, 0.6) is 0 Å². The van der Waals surface area contributed by atoms with E-state index in [1.165, 1.54) is 0 Å². The normalized spacial score (nSPS) is 11.2. The quantitative estimate of drug-likeness (QED) is 0.696. The first-order valence-electron chi connectivity index (χ1n) is 6.18. The van der Waals surface area contributed by atoms with Crippen LogP contribution >= 0.6 is 27.5 Å². The number of halogens is 2. The van der Waals surface area contributed by atoms with Gasteiger partial charge in [-0.15, -0.1) is 0 Å². The van der Waals surface area contributed by atoms with E-state index in [1.54, 1.807) is 0 Å². The number of rotatable bonds is 1. The summed E-state index contributed by atoms with van der Waals surface area (Å²) < 4.78 is 2.88. The van der Waals surface area contributed by atoms with Crippen molar-refractivity contribution in [2.24, 2.45) is 0 Å². The topological polar surface area (TPSA) is 43.3 Å². The molecule has 1 aromatic carbocycles. The summed E-state index contributed by atoms with van der Waals surface area (Å²) in [7, 11) is 0. The third-order valence-corrected chi connectivity index (χ3v) is 4.20. The van der Waals surface area contributed by atoms with E-state index in [0.717, 1.165) is 32.6 Å². The third-order valence-electron chi connectivity index (χ3n) is 3.27. The number of hydrogen-bond acceptors (Lipinski definition) is 2. The van der Waals surface area contributed by atoms with Gasteiger partial charge < -0.3 is 5.73 Å². The van der Waals surface area contributed by atoms with E-state index in [2.05, 4.69) is 27.0 Å². The van der Waals surface area contributed by atoms with Gasteiger partial charge in [-0.3, -0.25) is 4.40 Å². The van der Waals surface area contributed by atoms with Crippen LogP contribution in [0.4, 0.5) is 5.82 Å². The minimum Gasteiger partial charge on any atom is -0.383 e. The molecule has 3 rings (SSSR count). The fraction of sp³-hybridized carbons (Fsp3) is 0.133. The molecule has 0 bridgehead atoms. The Kier molecular flexibility index (Phi) is 3.22. The van der Waals surface area contributed by atoms with Crippen LogP contribution < -0.4 is 5.73 Å². The molecular formula is C15H13BrClN3. The molecule has 0 saturated heterocycles. The standard InChI is InChI=1S/C15H13BrClN3/c1-8-5-9(2)20-13(6-8)19-14(15(20)18)11-7-10(17)3-4-12(11)16/h3-7H,18H2,1-2H3. The van der Waals surface area contributed by atoms with Crippen molar-refractivity contribution in [3.63, 3.8) is 0 Å². The summed E-state index contributed by atoms with van der Waals surface area (Å²) in [5.74, 6) is 0.625. The summed E-state index contributed by atoms with van der Waals surface area (Å²) in [5, 5.41) is 0.660. The Morgan fingerprint density at radius 1 is 1.20 bits per heavy atom. The minimum atomic E-state index is 0.625. The number of anilines is 1. The molecule has 0 fully saturated rings. The molecule has 0 radical (unpaired) electrons. The van der Waals surface area contributed by atoms with Gasteiger partial charge in [-0.1, -0.05) is 27.5 Å². The van der Waals surface area contributed by atoms with Gasteiger partial charge in [0.15, 0.2) is 0 Å². The van der Waals surface area contributed by atoms with Crippen LogP contribution in [-0.2, 0) is 0 Å². The maximum atomic E-state index is 6.28. The number of aryl methyl sites for hydroxylation is 2. The number of aromatic nitrogens is 2. The first-order valence-corrected chi connectivity index (χ1v) is 7.35. The van der Waals surface area contributed by atoms with Crippen molar-refractivity contribution in [1.29, 1.82) is 0 Å². The molecule has 3 aromatic rings. The van der Waals surface area contributed by atoms with Crippen molar-refractivity contribution in [3.8, 4) is 11.3 Å². The highest BCUT2D eigenvalue weighted by Crippen LogP contribution is 2.34. The van der Waals surface area contributed by atoms with Crippen LogP contribution in [0.25, 0.3) is 16.9 Å². The van der Waals surface area contributed by atoms with E-state index in [9.17, 15) is 0 Å². The highest BCUT2D eigenvalue weighted by molar-refractivity contribution is 9.10. The summed E-state index contributed by atoms with van der Waals surface area (Å²) in [5.41, 5.74) is 11.0. The lowest BCUT2D eigenvalue weighted by molar-refractivity contribution is 1.09. The number of pyridine rings is 1. The van der Waals surface area contributed by atoms with Gasteiger partial charge in [-0.2, -0.15) is 0 Å². The zero-order valence-electron chi connectivity index (χ0n) is 11.1. The molecule has 0 aliphatic heterocycles. The molecule has 0 amide bonds. The first-order chi connectivity index (χ1) is 9.47. The highest BCUT2D eigenvalue weighted by atomic mass is 79.9. The van der Waals surface area contributed by atoms with Crippen molar-refractivity contribution < 1.29 is 0 Å². The predicted octanol–water partition coefficient (Wildman–Crippen LogP) is 4.62. The van der Waals surface area contributed by atoms with Crippen LogP contribution in [0, 0.1) is 13.8 Å². The van der Waals surface area contributed by atoms with Crippen LogP contribution in [0.3, 0.4) is 0 Å². The van der Waals surface area contributed by atoms with Crippen LogP contribution in [0.15, 0.2) is 34.8 Å².